The lowest BCUT2D eigenvalue weighted by Crippen LogP contribution is -2.33. The van der Waals surface area contributed by atoms with Crippen LogP contribution in [0.15, 0.2) is 30.3 Å². The van der Waals surface area contributed by atoms with Crippen molar-refractivity contribution in [2.75, 3.05) is 5.32 Å². The van der Waals surface area contributed by atoms with Gasteiger partial charge in [-0.3, -0.25) is 10.7 Å². The van der Waals surface area contributed by atoms with Gasteiger partial charge in [-0.15, -0.1) is 0 Å². The molecule has 1 aromatic carbocycles. The van der Waals surface area contributed by atoms with E-state index in [0.29, 0.717) is 6.42 Å². The summed E-state index contributed by atoms with van der Waals surface area (Å²) in [4.78, 5) is 11.5. The molecule has 0 bridgehead atoms. The number of nitrogens with one attached hydrogen (secondary N) is 3. The topological polar surface area (TPSA) is 65.0 Å². The Morgan fingerprint density at radius 3 is 2.56 bits per heavy atom. The van der Waals surface area contributed by atoms with Gasteiger partial charge in [0, 0.05) is 12.1 Å². The Kier molecular flexibility index (Phi) is 6.54. The molecular weight excluding hydrogens is 226 g/mol. The van der Waals surface area contributed by atoms with Gasteiger partial charge in [0.2, 0.25) is 0 Å². The maximum atomic E-state index is 11.5. The molecule has 3 N–H and O–H groups in total. The first-order chi connectivity index (χ1) is 8.72. The predicted octanol–water partition coefficient (Wildman–Crippen LogP) is 3.76. The monoisotopic (exact) mass is 247 g/mol. The molecule has 0 fully saturated rings. The molecule has 4 nitrogen and oxygen atoms in total. The Balaban J connectivity index is 2.21. The first-order valence-corrected chi connectivity index (χ1v) is 6.43. The number of rotatable bonds is 6. The highest BCUT2D eigenvalue weighted by Crippen LogP contribution is 2.05. The van der Waals surface area contributed by atoms with E-state index in [-0.39, 0.29) is 11.9 Å². The maximum Gasteiger partial charge on any atom is 0.324 e. The van der Waals surface area contributed by atoms with Gasteiger partial charge in [-0.25, -0.2) is 4.79 Å². The van der Waals surface area contributed by atoms with Crippen LogP contribution in [0.4, 0.5) is 10.5 Å². The average molecular weight is 247 g/mol. The largest absolute Gasteiger partial charge is 0.324 e. The van der Waals surface area contributed by atoms with E-state index in [2.05, 4.69) is 17.6 Å². The number of urea groups is 1. The number of amidine groups is 1. The maximum absolute atomic E-state index is 11.5. The highest BCUT2D eigenvalue weighted by atomic mass is 16.2. The molecule has 0 atom stereocenters. The van der Waals surface area contributed by atoms with E-state index in [4.69, 9.17) is 5.41 Å². The van der Waals surface area contributed by atoms with Gasteiger partial charge in [-0.1, -0.05) is 44.4 Å². The van der Waals surface area contributed by atoms with Gasteiger partial charge in [0.05, 0.1) is 0 Å². The molecule has 0 saturated heterocycles. The van der Waals surface area contributed by atoms with Crippen molar-refractivity contribution in [1.29, 1.82) is 5.41 Å². The lowest BCUT2D eigenvalue weighted by atomic mass is 10.1. The van der Waals surface area contributed by atoms with Crippen molar-refractivity contribution in [3.05, 3.63) is 30.3 Å². The number of hydrogen-bond acceptors (Lipinski definition) is 2. The lowest BCUT2D eigenvalue weighted by Gasteiger charge is -2.08. The van der Waals surface area contributed by atoms with Gasteiger partial charge in [0.15, 0.2) is 0 Å². The second kappa shape index (κ2) is 8.28. The van der Waals surface area contributed by atoms with E-state index in [9.17, 15) is 4.79 Å². The molecule has 0 radical (unpaired) electrons. The predicted molar refractivity (Wildman–Crippen MR) is 75.1 cm³/mol. The normalized spacial score (nSPS) is 9.83. The molecule has 1 aromatic rings. The summed E-state index contributed by atoms with van der Waals surface area (Å²) in [6.07, 6.45) is 5.06. The molecule has 1 rings (SSSR count). The molecule has 2 amide bonds. The smallest absolute Gasteiger partial charge is 0.308 e. The zero-order valence-electron chi connectivity index (χ0n) is 10.8. The van der Waals surface area contributed by atoms with Crippen molar-refractivity contribution in [1.82, 2.24) is 5.32 Å². The van der Waals surface area contributed by atoms with E-state index in [1.165, 1.54) is 12.8 Å². The standard InChI is InChI=1S/C14H21N3O/c1-2-3-4-8-11-13(15)17-14(18)16-12-9-6-5-7-10-12/h5-7,9-10H,2-4,8,11H2,1H3,(H3,15,16,17,18). The highest BCUT2D eigenvalue weighted by molar-refractivity contribution is 6.02. The molecule has 18 heavy (non-hydrogen) atoms. The van der Waals surface area contributed by atoms with Crippen molar-refractivity contribution in [2.24, 2.45) is 0 Å². The van der Waals surface area contributed by atoms with Crippen LogP contribution in [0.2, 0.25) is 0 Å². The van der Waals surface area contributed by atoms with Crippen LogP contribution in [0.5, 0.6) is 0 Å². The Labute approximate surface area is 108 Å². The van der Waals surface area contributed by atoms with E-state index < -0.39 is 0 Å². The van der Waals surface area contributed by atoms with Crippen LogP contribution >= 0.6 is 0 Å². The zero-order chi connectivity index (χ0) is 13.2. The van der Waals surface area contributed by atoms with Crippen LogP contribution < -0.4 is 10.6 Å². The fraction of sp³-hybridized carbons (Fsp3) is 0.429. The minimum atomic E-state index is -0.346. The molecule has 0 aliphatic heterocycles. The van der Waals surface area contributed by atoms with Gasteiger partial charge < -0.3 is 5.32 Å². The SMILES string of the molecule is CCCCCCC(=N)NC(=O)Nc1ccccc1. The molecule has 0 saturated carbocycles. The number of unbranched alkanes of at least 4 members (excludes halogenated alkanes) is 3. The Bertz CT molecular complexity index is 376. The number of anilines is 1. The molecule has 0 heterocycles. The van der Waals surface area contributed by atoms with Gasteiger partial charge in [-0.2, -0.15) is 0 Å². The molecule has 0 unspecified atom stereocenters. The van der Waals surface area contributed by atoms with Crippen molar-refractivity contribution < 1.29 is 4.79 Å². The molecular formula is C14H21N3O. The van der Waals surface area contributed by atoms with E-state index in [1.807, 2.05) is 30.3 Å². The van der Waals surface area contributed by atoms with E-state index >= 15 is 0 Å². The summed E-state index contributed by atoms with van der Waals surface area (Å²) in [6, 6.07) is 8.87. The fourth-order valence-electron chi connectivity index (χ4n) is 1.61. The summed E-state index contributed by atoms with van der Waals surface area (Å²) < 4.78 is 0. The summed E-state index contributed by atoms with van der Waals surface area (Å²) in [5.41, 5.74) is 0.730. The minimum absolute atomic E-state index is 0.277. The van der Waals surface area contributed by atoms with Crippen LogP contribution in [-0.4, -0.2) is 11.9 Å². The first kappa shape index (κ1) is 14.2. The van der Waals surface area contributed by atoms with E-state index in [1.54, 1.807) is 0 Å². The third-order valence-electron chi connectivity index (χ3n) is 2.58. The Morgan fingerprint density at radius 1 is 1.17 bits per heavy atom. The first-order valence-electron chi connectivity index (χ1n) is 6.43. The number of hydrogen-bond donors (Lipinski definition) is 3. The van der Waals surface area contributed by atoms with Gasteiger partial charge >= 0.3 is 6.03 Å². The number of amides is 2. The van der Waals surface area contributed by atoms with Crippen molar-refractivity contribution in [3.63, 3.8) is 0 Å². The quantitative estimate of drug-likeness (QED) is 0.400. The zero-order valence-corrected chi connectivity index (χ0v) is 10.8. The summed E-state index contributed by atoms with van der Waals surface area (Å²) in [5, 5.41) is 12.9. The molecule has 4 heteroatoms. The van der Waals surface area contributed by atoms with Crippen molar-refractivity contribution >= 4 is 17.6 Å². The average Bonchev–Trinajstić information content (AvgIpc) is 2.35. The highest BCUT2D eigenvalue weighted by Gasteiger charge is 2.04. The molecule has 0 aromatic heterocycles. The number of para-hydroxylation sites is 1. The Hall–Kier alpha value is -1.84. The third-order valence-corrected chi connectivity index (χ3v) is 2.58. The lowest BCUT2D eigenvalue weighted by molar-refractivity contribution is 0.256. The van der Waals surface area contributed by atoms with Crippen molar-refractivity contribution in [3.8, 4) is 0 Å². The van der Waals surface area contributed by atoms with Crippen LogP contribution in [-0.2, 0) is 0 Å². The summed E-state index contributed by atoms with van der Waals surface area (Å²) in [6.45, 7) is 2.15. The third kappa shape index (κ3) is 6.03. The van der Waals surface area contributed by atoms with Gasteiger partial charge in [0.1, 0.15) is 5.84 Å². The molecule has 0 aliphatic carbocycles. The van der Waals surface area contributed by atoms with Crippen LogP contribution in [0.1, 0.15) is 39.0 Å². The van der Waals surface area contributed by atoms with Crippen LogP contribution in [0.3, 0.4) is 0 Å². The van der Waals surface area contributed by atoms with Crippen LogP contribution in [0, 0.1) is 5.41 Å². The number of carbonyl (C=O) groups is 1. The van der Waals surface area contributed by atoms with Gasteiger partial charge in [-0.05, 0) is 18.6 Å². The Morgan fingerprint density at radius 2 is 1.89 bits per heavy atom. The number of carbonyl (C=O) groups excluding carboxylic acids is 1. The molecule has 0 aliphatic rings. The minimum Gasteiger partial charge on any atom is -0.308 e. The second-order valence-corrected chi connectivity index (χ2v) is 4.23. The summed E-state index contributed by atoms with van der Waals surface area (Å²) in [7, 11) is 0. The number of benzene rings is 1. The summed E-state index contributed by atoms with van der Waals surface area (Å²) in [5.74, 6) is 0.277. The van der Waals surface area contributed by atoms with Gasteiger partial charge in [0.25, 0.3) is 0 Å². The molecule has 0 spiro atoms. The fourth-order valence-corrected chi connectivity index (χ4v) is 1.61. The van der Waals surface area contributed by atoms with Crippen molar-refractivity contribution in [2.45, 2.75) is 39.0 Å². The molecule has 98 valence electrons. The van der Waals surface area contributed by atoms with E-state index in [0.717, 1.165) is 18.5 Å². The summed E-state index contributed by atoms with van der Waals surface area (Å²) >= 11 is 0. The van der Waals surface area contributed by atoms with Crippen LogP contribution in [0.25, 0.3) is 0 Å². The second-order valence-electron chi connectivity index (χ2n) is 4.23.